The van der Waals surface area contributed by atoms with Crippen molar-refractivity contribution < 1.29 is 0 Å². The van der Waals surface area contributed by atoms with E-state index in [1.807, 2.05) is 25.3 Å². The normalized spacial score (nSPS) is 18.9. The predicted octanol–water partition coefficient (Wildman–Crippen LogP) is 3.33. The lowest BCUT2D eigenvalue weighted by Gasteiger charge is -2.35. The van der Waals surface area contributed by atoms with Gasteiger partial charge in [-0.2, -0.15) is 0 Å². The molecule has 5 heteroatoms. The number of rotatable bonds is 6. The van der Waals surface area contributed by atoms with Crippen LogP contribution in [0.5, 0.6) is 0 Å². The molecule has 1 atom stereocenters. The maximum Gasteiger partial charge on any atom is 0.171 e. The van der Waals surface area contributed by atoms with E-state index in [0.29, 0.717) is 5.11 Å². The maximum atomic E-state index is 5.31. The van der Waals surface area contributed by atoms with Gasteiger partial charge in [0.1, 0.15) is 5.82 Å². The van der Waals surface area contributed by atoms with Gasteiger partial charge in [0.25, 0.3) is 0 Å². The molecule has 122 valence electrons. The maximum absolute atomic E-state index is 5.31. The van der Waals surface area contributed by atoms with E-state index < -0.39 is 0 Å². The summed E-state index contributed by atoms with van der Waals surface area (Å²) < 4.78 is 0. The molecule has 1 aliphatic rings. The lowest BCUT2D eigenvalue weighted by atomic mass is 10.00. The monoisotopic (exact) mass is 320 g/mol. The highest BCUT2D eigenvalue weighted by Crippen LogP contribution is 2.19. The van der Waals surface area contributed by atoms with E-state index in [0.717, 1.165) is 36.9 Å². The zero-order valence-corrected chi connectivity index (χ0v) is 14.6. The van der Waals surface area contributed by atoms with Crippen molar-refractivity contribution in [2.45, 2.75) is 52.0 Å². The van der Waals surface area contributed by atoms with E-state index in [2.05, 4.69) is 27.4 Å². The van der Waals surface area contributed by atoms with Gasteiger partial charge in [0, 0.05) is 25.3 Å². The molecule has 1 aromatic rings. The minimum Gasteiger partial charge on any atom is -0.362 e. The van der Waals surface area contributed by atoms with Crippen LogP contribution in [0.15, 0.2) is 18.3 Å². The van der Waals surface area contributed by atoms with Crippen molar-refractivity contribution in [3.8, 4) is 0 Å². The Kier molecular flexibility index (Phi) is 7.06. The van der Waals surface area contributed by atoms with Crippen LogP contribution in [0.25, 0.3) is 0 Å². The Balaban J connectivity index is 1.63. The van der Waals surface area contributed by atoms with E-state index in [-0.39, 0.29) is 0 Å². The molecule has 0 unspecified atom stereocenters. The van der Waals surface area contributed by atoms with Crippen molar-refractivity contribution in [3.05, 3.63) is 23.9 Å². The molecule has 0 spiro atoms. The quantitative estimate of drug-likeness (QED) is 0.621. The Hall–Kier alpha value is -1.20. The number of nitrogens with zero attached hydrogens (tertiary/aromatic N) is 2. The molecule has 0 saturated carbocycles. The lowest BCUT2D eigenvalue weighted by molar-refractivity contribution is 0.143. The molecule has 1 fully saturated rings. The van der Waals surface area contributed by atoms with Crippen LogP contribution in [0.1, 0.15) is 44.6 Å². The molecule has 2 heterocycles. The molecule has 0 aromatic carbocycles. The van der Waals surface area contributed by atoms with E-state index in [1.165, 1.54) is 32.2 Å². The van der Waals surface area contributed by atoms with Gasteiger partial charge < -0.3 is 15.5 Å². The minimum atomic E-state index is 0.655. The number of hydrogen-bond donors (Lipinski definition) is 2. The van der Waals surface area contributed by atoms with Gasteiger partial charge in [-0.15, -0.1) is 0 Å². The second-order valence-electron chi connectivity index (χ2n) is 6.05. The van der Waals surface area contributed by atoms with Crippen LogP contribution in [-0.2, 0) is 0 Å². The fourth-order valence-corrected chi connectivity index (χ4v) is 3.21. The number of aromatic nitrogens is 1. The molecule has 2 N–H and O–H groups in total. The number of hydrogen-bond acceptors (Lipinski definition) is 3. The molecule has 22 heavy (non-hydrogen) atoms. The number of likely N-dealkylation sites (tertiary alicyclic amines) is 1. The fraction of sp³-hybridized carbons (Fsp3) is 0.647. The van der Waals surface area contributed by atoms with E-state index >= 15 is 0 Å². The van der Waals surface area contributed by atoms with Gasteiger partial charge >= 0.3 is 0 Å². The second kappa shape index (κ2) is 9.06. The lowest BCUT2D eigenvalue weighted by Crippen LogP contribution is -2.41. The first kappa shape index (κ1) is 17.2. The van der Waals surface area contributed by atoms with Crippen molar-refractivity contribution in [2.75, 3.05) is 25.0 Å². The number of piperidine rings is 1. The number of anilines is 1. The first-order valence-corrected chi connectivity index (χ1v) is 8.81. The van der Waals surface area contributed by atoms with E-state index in [1.54, 1.807) is 0 Å². The zero-order valence-electron chi connectivity index (χ0n) is 13.8. The van der Waals surface area contributed by atoms with Crippen molar-refractivity contribution in [1.82, 2.24) is 15.2 Å². The Morgan fingerprint density at radius 1 is 1.41 bits per heavy atom. The average molecular weight is 321 g/mol. The Labute approximate surface area is 139 Å². The smallest absolute Gasteiger partial charge is 0.171 e. The van der Waals surface area contributed by atoms with Crippen LogP contribution < -0.4 is 10.6 Å². The summed E-state index contributed by atoms with van der Waals surface area (Å²) in [5, 5.41) is 7.05. The standard InChI is InChI=1S/C17H28N4S/c1-3-15-7-4-5-11-21(15)12-6-10-18-17(22)20-16-9-8-14(2)13-19-16/h8-9,13,15H,3-7,10-12H2,1-2H3,(H2,18,19,20,22)/t15-/m0/s1. The Morgan fingerprint density at radius 2 is 2.27 bits per heavy atom. The molecule has 1 aliphatic heterocycles. The highest BCUT2D eigenvalue weighted by molar-refractivity contribution is 7.80. The number of nitrogens with one attached hydrogen (secondary N) is 2. The van der Waals surface area contributed by atoms with Crippen LogP contribution in [0.4, 0.5) is 5.82 Å². The summed E-state index contributed by atoms with van der Waals surface area (Å²) >= 11 is 5.31. The third-order valence-electron chi connectivity index (χ3n) is 4.28. The molecule has 1 aromatic heterocycles. The van der Waals surface area contributed by atoms with Crippen LogP contribution >= 0.6 is 12.2 Å². The second-order valence-corrected chi connectivity index (χ2v) is 6.46. The van der Waals surface area contributed by atoms with Gasteiger partial charge in [0.2, 0.25) is 0 Å². The highest BCUT2D eigenvalue weighted by Gasteiger charge is 2.19. The molecular formula is C17H28N4S. The summed E-state index contributed by atoms with van der Waals surface area (Å²) in [7, 11) is 0. The Bertz CT molecular complexity index is 460. The first-order chi connectivity index (χ1) is 10.7. The summed E-state index contributed by atoms with van der Waals surface area (Å²) in [5.74, 6) is 0.796. The number of thiocarbonyl (C=S) groups is 1. The summed E-state index contributed by atoms with van der Waals surface area (Å²) in [6, 6.07) is 4.76. The first-order valence-electron chi connectivity index (χ1n) is 8.40. The van der Waals surface area contributed by atoms with Crippen LogP contribution in [0.2, 0.25) is 0 Å². The predicted molar refractivity (Wildman–Crippen MR) is 97.3 cm³/mol. The summed E-state index contributed by atoms with van der Waals surface area (Å²) in [4.78, 5) is 6.94. The molecule has 2 rings (SSSR count). The largest absolute Gasteiger partial charge is 0.362 e. The van der Waals surface area contributed by atoms with Crippen molar-refractivity contribution in [2.24, 2.45) is 0 Å². The van der Waals surface area contributed by atoms with Gasteiger partial charge in [-0.3, -0.25) is 0 Å². The molecule has 0 radical (unpaired) electrons. The SMILES string of the molecule is CC[C@H]1CCCCN1CCCNC(=S)Nc1ccc(C)cn1. The molecule has 0 amide bonds. The van der Waals surface area contributed by atoms with Crippen LogP contribution in [0.3, 0.4) is 0 Å². The van der Waals surface area contributed by atoms with Gasteiger partial charge in [-0.05, 0) is 63.0 Å². The minimum absolute atomic E-state index is 0.655. The van der Waals surface area contributed by atoms with E-state index in [4.69, 9.17) is 12.2 Å². The molecule has 4 nitrogen and oxygen atoms in total. The van der Waals surface area contributed by atoms with Gasteiger partial charge in [0.05, 0.1) is 0 Å². The van der Waals surface area contributed by atoms with E-state index in [9.17, 15) is 0 Å². The van der Waals surface area contributed by atoms with Crippen molar-refractivity contribution in [3.63, 3.8) is 0 Å². The summed E-state index contributed by atoms with van der Waals surface area (Å²) in [5.41, 5.74) is 1.15. The Morgan fingerprint density at radius 3 is 3.00 bits per heavy atom. The number of pyridine rings is 1. The topological polar surface area (TPSA) is 40.2 Å². The molecule has 0 aliphatic carbocycles. The van der Waals surface area contributed by atoms with Crippen molar-refractivity contribution >= 4 is 23.1 Å². The molecule has 1 saturated heterocycles. The molecule has 0 bridgehead atoms. The van der Waals surface area contributed by atoms with Gasteiger partial charge in [0.15, 0.2) is 5.11 Å². The highest BCUT2D eigenvalue weighted by atomic mass is 32.1. The van der Waals surface area contributed by atoms with Gasteiger partial charge in [-0.25, -0.2) is 4.98 Å². The third-order valence-corrected chi connectivity index (χ3v) is 4.53. The average Bonchev–Trinajstić information content (AvgIpc) is 2.54. The fourth-order valence-electron chi connectivity index (χ4n) is 3.00. The van der Waals surface area contributed by atoms with Crippen molar-refractivity contribution in [1.29, 1.82) is 0 Å². The summed E-state index contributed by atoms with van der Waals surface area (Å²) in [6.45, 7) is 7.66. The van der Waals surface area contributed by atoms with Crippen LogP contribution in [-0.4, -0.2) is 40.7 Å². The number of aryl methyl sites for hydroxylation is 1. The molecular weight excluding hydrogens is 292 g/mol. The summed E-state index contributed by atoms with van der Waals surface area (Å²) in [6.07, 6.45) is 8.34. The van der Waals surface area contributed by atoms with Crippen LogP contribution in [0, 0.1) is 6.92 Å². The van der Waals surface area contributed by atoms with Gasteiger partial charge in [-0.1, -0.05) is 19.4 Å². The zero-order chi connectivity index (χ0) is 15.8. The third kappa shape index (κ3) is 5.54.